The second kappa shape index (κ2) is 7.31. The molecule has 0 aromatic heterocycles. The Hall–Kier alpha value is -1.75. The number of aromatic hydroxyl groups is 1. The van der Waals surface area contributed by atoms with E-state index >= 15 is 0 Å². The summed E-state index contributed by atoms with van der Waals surface area (Å²) in [6.07, 6.45) is 1.90. The van der Waals surface area contributed by atoms with E-state index < -0.39 is 0 Å². The van der Waals surface area contributed by atoms with E-state index in [1.165, 1.54) is 7.11 Å². The van der Waals surface area contributed by atoms with Gasteiger partial charge in [-0.1, -0.05) is 6.07 Å². The summed E-state index contributed by atoms with van der Waals surface area (Å²) in [5.41, 5.74) is 1.06. The van der Waals surface area contributed by atoms with Crippen molar-refractivity contribution in [2.24, 2.45) is 5.92 Å². The number of carbonyl (C=O) groups is 1. The fraction of sp³-hybridized carbons (Fsp3) is 0.562. The van der Waals surface area contributed by atoms with Crippen LogP contribution >= 0.6 is 0 Å². The van der Waals surface area contributed by atoms with E-state index in [1.807, 2.05) is 19.1 Å². The van der Waals surface area contributed by atoms with Crippen molar-refractivity contribution in [3.8, 4) is 11.5 Å². The molecule has 1 N–H and O–H groups in total. The van der Waals surface area contributed by atoms with E-state index in [0.29, 0.717) is 12.4 Å². The number of hydrogen-bond donors (Lipinski definition) is 1. The van der Waals surface area contributed by atoms with Gasteiger partial charge in [-0.15, -0.1) is 0 Å². The smallest absolute Gasteiger partial charge is 0.310 e. The lowest BCUT2D eigenvalue weighted by molar-refractivity contribution is -0.150. The molecule has 5 heteroatoms. The van der Waals surface area contributed by atoms with E-state index in [4.69, 9.17) is 9.47 Å². The van der Waals surface area contributed by atoms with Gasteiger partial charge in [0.2, 0.25) is 0 Å². The number of methoxy groups -OCH3 is 1. The maximum atomic E-state index is 11.8. The van der Waals surface area contributed by atoms with Crippen molar-refractivity contribution in [1.82, 2.24) is 4.90 Å². The molecule has 0 bridgehead atoms. The lowest BCUT2D eigenvalue weighted by Crippen LogP contribution is -2.38. The number of esters is 1. The Morgan fingerprint density at radius 2 is 2.29 bits per heavy atom. The number of hydrogen-bond acceptors (Lipinski definition) is 5. The number of carbonyl (C=O) groups excluding carboxylic acids is 1. The Kier molecular flexibility index (Phi) is 5.44. The van der Waals surface area contributed by atoms with Crippen LogP contribution in [0, 0.1) is 5.92 Å². The van der Waals surface area contributed by atoms with Gasteiger partial charge in [-0.25, -0.2) is 0 Å². The van der Waals surface area contributed by atoms with Crippen LogP contribution in [0.1, 0.15) is 25.3 Å². The van der Waals surface area contributed by atoms with Crippen molar-refractivity contribution >= 4 is 5.97 Å². The van der Waals surface area contributed by atoms with Crippen LogP contribution < -0.4 is 4.74 Å². The van der Waals surface area contributed by atoms with Gasteiger partial charge in [-0.05, 0) is 44.0 Å². The molecular weight excluding hydrogens is 270 g/mol. The first-order valence-electron chi connectivity index (χ1n) is 7.39. The van der Waals surface area contributed by atoms with E-state index in [1.54, 1.807) is 6.07 Å². The van der Waals surface area contributed by atoms with E-state index in [-0.39, 0.29) is 17.6 Å². The average molecular weight is 293 g/mol. The van der Waals surface area contributed by atoms with Crippen LogP contribution in [0.25, 0.3) is 0 Å². The van der Waals surface area contributed by atoms with Gasteiger partial charge in [0.25, 0.3) is 0 Å². The number of benzene rings is 1. The van der Waals surface area contributed by atoms with Crippen LogP contribution in [-0.2, 0) is 16.1 Å². The fourth-order valence-corrected chi connectivity index (χ4v) is 2.73. The molecule has 2 rings (SSSR count). The number of likely N-dealkylation sites (tertiary alicyclic amines) is 1. The topological polar surface area (TPSA) is 59.0 Å². The fourth-order valence-electron chi connectivity index (χ4n) is 2.73. The van der Waals surface area contributed by atoms with Crippen molar-refractivity contribution < 1.29 is 19.4 Å². The van der Waals surface area contributed by atoms with E-state index in [2.05, 4.69) is 4.90 Å². The summed E-state index contributed by atoms with van der Waals surface area (Å²) in [5, 5.41) is 9.61. The molecule has 0 amide bonds. The number of piperidine rings is 1. The minimum absolute atomic E-state index is 0.0299. The lowest BCUT2D eigenvalue weighted by Gasteiger charge is -2.31. The number of rotatable bonds is 5. The Morgan fingerprint density at radius 3 is 3.00 bits per heavy atom. The predicted molar refractivity (Wildman–Crippen MR) is 79.3 cm³/mol. The predicted octanol–water partition coefficient (Wildman–Crippen LogP) is 2.18. The molecule has 21 heavy (non-hydrogen) atoms. The van der Waals surface area contributed by atoms with Crippen molar-refractivity contribution in [1.29, 1.82) is 0 Å². The summed E-state index contributed by atoms with van der Waals surface area (Å²) < 4.78 is 10.2. The minimum atomic E-state index is -0.0921. The Morgan fingerprint density at radius 1 is 1.48 bits per heavy atom. The highest BCUT2D eigenvalue weighted by atomic mass is 16.5. The third-order valence-corrected chi connectivity index (χ3v) is 3.78. The van der Waals surface area contributed by atoms with Gasteiger partial charge in [0.1, 0.15) is 0 Å². The Labute approximate surface area is 125 Å². The second-order valence-corrected chi connectivity index (χ2v) is 5.33. The van der Waals surface area contributed by atoms with Crippen LogP contribution in [0.2, 0.25) is 0 Å². The normalized spacial score (nSPS) is 19.2. The monoisotopic (exact) mass is 293 g/mol. The minimum Gasteiger partial charge on any atom is -0.504 e. The molecule has 1 aromatic rings. The maximum Gasteiger partial charge on any atom is 0.310 e. The molecule has 0 unspecified atom stereocenters. The molecule has 1 saturated heterocycles. The highest BCUT2D eigenvalue weighted by Gasteiger charge is 2.26. The van der Waals surface area contributed by atoms with Crippen LogP contribution in [-0.4, -0.2) is 42.8 Å². The molecule has 1 aliphatic heterocycles. The molecule has 0 saturated carbocycles. The third-order valence-electron chi connectivity index (χ3n) is 3.78. The summed E-state index contributed by atoms with van der Waals surface area (Å²) in [6, 6.07) is 5.36. The highest BCUT2D eigenvalue weighted by molar-refractivity contribution is 5.72. The summed E-state index contributed by atoms with van der Waals surface area (Å²) in [5.74, 6) is 0.499. The summed E-state index contributed by atoms with van der Waals surface area (Å²) in [6.45, 7) is 4.71. The van der Waals surface area contributed by atoms with Gasteiger partial charge in [-0.3, -0.25) is 9.69 Å². The second-order valence-electron chi connectivity index (χ2n) is 5.33. The lowest BCUT2D eigenvalue weighted by atomic mass is 9.97. The molecule has 1 aromatic carbocycles. The quantitative estimate of drug-likeness (QED) is 0.843. The molecule has 1 aliphatic rings. The molecule has 116 valence electrons. The summed E-state index contributed by atoms with van der Waals surface area (Å²) >= 11 is 0. The van der Waals surface area contributed by atoms with Gasteiger partial charge in [0.15, 0.2) is 11.5 Å². The first-order chi connectivity index (χ1) is 10.1. The third kappa shape index (κ3) is 4.11. The Bertz CT molecular complexity index is 489. The number of nitrogens with zero attached hydrogens (tertiary/aromatic N) is 1. The van der Waals surface area contributed by atoms with Crippen molar-refractivity contribution in [2.45, 2.75) is 26.3 Å². The molecule has 1 fully saturated rings. The zero-order valence-electron chi connectivity index (χ0n) is 12.7. The zero-order chi connectivity index (χ0) is 15.2. The number of phenols is 1. The first-order valence-corrected chi connectivity index (χ1v) is 7.39. The van der Waals surface area contributed by atoms with Crippen molar-refractivity contribution in [3.63, 3.8) is 0 Å². The molecule has 1 atom stereocenters. The molecule has 0 radical (unpaired) electrons. The van der Waals surface area contributed by atoms with Crippen LogP contribution in [0.15, 0.2) is 18.2 Å². The summed E-state index contributed by atoms with van der Waals surface area (Å²) in [7, 11) is 1.54. The van der Waals surface area contributed by atoms with Crippen LogP contribution in [0.5, 0.6) is 11.5 Å². The van der Waals surface area contributed by atoms with Crippen molar-refractivity contribution in [2.75, 3.05) is 26.8 Å². The number of phenolic OH excluding ortho intramolecular Hbond substituents is 1. The molecule has 5 nitrogen and oxygen atoms in total. The SMILES string of the molecule is CCOC(=O)[C@H]1CCCN(Cc2ccc(O)c(OC)c2)C1. The van der Waals surface area contributed by atoms with E-state index in [9.17, 15) is 9.90 Å². The van der Waals surface area contributed by atoms with Crippen LogP contribution in [0.4, 0.5) is 0 Å². The maximum absolute atomic E-state index is 11.8. The standard InChI is InChI=1S/C16H23NO4/c1-3-21-16(19)13-5-4-8-17(11-13)10-12-6-7-14(18)15(9-12)20-2/h6-7,9,13,18H,3-5,8,10-11H2,1-2H3/t13-/m0/s1. The molecule has 0 aliphatic carbocycles. The van der Waals surface area contributed by atoms with Gasteiger partial charge >= 0.3 is 5.97 Å². The zero-order valence-corrected chi connectivity index (χ0v) is 12.7. The van der Waals surface area contributed by atoms with Gasteiger partial charge < -0.3 is 14.6 Å². The average Bonchev–Trinajstić information content (AvgIpc) is 2.50. The van der Waals surface area contributed by atoms with Gasteiger partial charge in [0, 0.05) is 13.1 Å². The summed E-state index contributed by atoms with van der Waals surface area (Å²) in [4.78, 5) is 14.1. The highest BCUT2D eigenvalue weighted by Crippen LogP contribution is 2.27. The molecular formula is C16H23NO4. The first kappa shape index (κ1) is 15.6. The number of ether oxygens (including phenoxy) is 2. The Balaban J connectivity index is 1.97. The van der Waals surface area contributed by atoms with E-state index in [0.717, 1.165) is 38.0 Å². The van der Waals surface area contributed by atoms with Crippen LogP contribution in [0.3, 0.4) is 0 Å². The molecule has 1 heterocycles. The van der Waals surface area contributed by atoms with Gasteiger partial charge in [-0.2, -0.15) is 0 Å². The largest absolute Gasteiger partial charge is 0.504 e. The molecule has 0 spiro atoms. The van der Waals surface area contributed by atoms with Crippen molar-refractivity contribution in [3.05, 3.63) is 23.8 Å². The van der Waals surface area contributed by atoms with Gasteiger partial charge in [0.05, 0.1) is 19.6 Å².